The first kappa shape index (κ1) is 55.9. The first-order valence-corrected chi connectivity index (χ1v) is 24.4. The Labute approximate surface area is 429 Å². The second kappa shape index (κ2) is 19.9. The molecule has 0 amide bonds. The van der Waals surface area contributed by atoms with Crippen molar-refractivity contribution in [3.05, 3.63) is 140 Å². The fourth-order valence-electron chi connectivity index (χ4n) is 8.17. The molecular formula is C64H72O8. The second-order valence-electron chi connectivity index (χ2n) is 23.7. The van der Waals surface area contributed by atoms with Crippen LogP contribution in [0, 0.1) is 47.4 Å². The zero-order chi connectivity index (χ0) is 54.2. The van der Waals surface area contributed by atoms with Gasteiger partial charge >= 0.3 is 23.9 Å². The third-order valence-electron chi connectivity index (χ3n) is 12.6. The number of fused-ring (bicyclic) bond motifs is 8. The monoisotopic (exact) mass is 969 g/mol. The number of rotatable bonds is 4. The Morgan fingerprint density at radius 1 is 0.319 bits per heavy atom. The lowest BCUT2D eigenvalue weighted by Crippen LogP contribution is -2.29. The Hall–Kier alpha value is -7.00. The van der Waals surface area contributed by atoms with Gasteiger partial charge in [0.25, 0.3) is 0 Å². The molecular weight excluding hydrogens is 897 g/mol. The van der Waals surface area contributed by atoms with Crippen LogP contribution in [0.15, 0.2) is 72.8 Å². The van der Waals surface area contributed by atoms with E-state index in [1.807, 2.05) is 72.8 Å². The lowest BCUT2D eigenvalue weighted by atomic mass is 9.81. The zero-order valence-electron chi connectivity index (χ0n) is 46.2. The molecule has 4 aromatic rings. The fourth-order valence-corrected chi connectivity index (χ4v) is 8.17. The second-order valence-corrected chi connectivity index (χ2v) is 23.7. The van der Waals surface area contributed by atoms with Crippen LogP contribution in [-0.4, -0.2) is 23.9 Å². The molecule has 376 valence electrons. The van der Waals surface area contributed by atoms with E-state index in [4.69, 9.17) is 18.9 Å². The van der Waals surface area contributed by atoms with Gasteiger partial charge in [-0.25, -0.2) is 0 Å². The molecule has 0 aliphatic heterocycles. The summed E-state index contributed by atoms with van der Waals surface area (Å²) in [6.07, 6.45) is 0. The molecule has 1 aliphatic carbocycles. The molecule has 5 rings (SSSR count). The van der Waals surface area contributed by atoms with Crippen molar-refractivity contribution in [1.29, 1.82) is 0 Å². The van der Waals surface area contributed by atoms with Gasteiger partial charge in [-0.15, -0.1) is 0 Å². The molecule has 0 unspecified atom stereocenters. The number of hydrogen-bond acceptors (Lipinski definition) is 8. The number of benzene rings is 4. The van der Waals surface area contributed by atoms with Gasteiger partial charge in [0.15, 0.2) is 22.4 Å². The molecule has 8 heteroatoms. The standard InChI is InChI=1S/C64H72O8/c1-41(65)69-61(17)25-21-45-29-50(58(8,9)10)38-54(34-45)63(19,71-43(3)67)27-23-47-31-52(60(14,15)16)40-56(36-47)64(20,72-44(4)68)28-24-48-32-51(59(11,12)13)39-55(35-48)62(18,70-42(2)66)26-22-46-30-49(57(5,6)7)37-53(61)33-46/h29-40H,1-20H3/t61-,62-,63-,64-/m1/s1. The highest BCUT2D eigenvalue weighted by Gasteiger charge is 2.35. The Kier molecular flexibility index (Phi) is 15.5. The highest BCUT2D eigenvalue weighted by atomic mass is 16.6. The van der Waals surface area contributed by atoms with Crippen LogP contribution in [0.3, 0.4) is 0 Å². The van der Waals surface area contributed by atoms with Gasteiger partial charge in [-0.1, -0.05) is 131 Å². The zero-order valence-corrected chi connectivity index (χ0v) is 46.2. The predicted molar refractivity (Wildman–Crippen MR) is 285 cm³/mol. The summed E-state index contributed by atoms with van der Waals surface area (Å²) in [4.78, 5) is 52.3. The topological polar surface area (TPSA) is 105 Å². The van der Waals surface area contributed by atoms with E-state index in [9.17, 15) is 19.2 Å². The predicted octanol–water partition coefficient (Wildman–Crippen LogP) is 12.5. The highest BCUT2D eigenvalue weighted by molar-refractivity contribution is 5.70. The Balaban J connectivity index is 2.04. The molecule has 8 nitrogen and oxygen atoms in total. The van der Waals surface area contributed by atoms with E-state index in [1.165, 1.54) is 27.7 Å². The Bertz CT molecular complexity index is 2690. The minimum atomic E-state index is -1.49. The lowest BCUT2D eigenvalue weighted by Gasteiger charge is -2.29. The first-order valence-electron chi connectivity index (χ1n) is 24.4. The summed E-state index contributed by atoms with van der Waals surface area (Å²) < 4.78 is 24.7. The molecule has 0 N–H and O–H groups in total. The molecule has 0 fully saturated rings. The van der Waals surface area contributed by atoms with Gasteiger partial charge in [-0.05, 0) is 144 Å². The largest absolute Gasteiger partial charge is 0.442 e. The molecule has 0 saturated carbocycles. The lowest BCUT2D eigenvalue weighted by molar-refractivity contribution is -0.152. The number of carbonyl (C=O) groups is 4. The van der Waals surface area contributed by atoms with Gasteiger partial charge in [0, 0.05) is 72.2 Å². The smallest absolute Gasteiger partial charge is 0.304 e. The Morgan fingerprint density at radius 3 is 0.625 bits per heavy atom. The molecule has 0 aromatic heterocycles. The summed E-state index contributed by atoms with van der Waals surface area (Å²) in [6, 6.07) is 23.2. The maximum atomic E-state index is 13.1. The summed E-state index contributed by atoms with van der Waals surface area (Å²) >= 11 is 0. The van der Waals surface area contributed by atoms with E-state index in [-0.39, 0.29) is 21.7 Å². The van der Waals surface area contributed by atoms with Crippen molar-refractivity contribution in [1.82, 2.24) is 0 Å². The van der Waals surface area contributed by atoms with Crippen LogP contribution in [0.5, 0.6) is 0 Å². The van der Waals surface area contributed by atoms with E-state index >= 15 is 0 Å². The normalized spacial score (nSPS) is 20.9. The molecule has 4 aromatic carbocycles. The summed E-state index contributed by atoms with van der Waals surface area (Å²) in [5, 5.41) is 0. The van der Waals surface area contributed by atoms with Crippen molar-refractivity contribution in [3.63, 3.8) is 0 Å². The first-order chi connectivity index (χ1) is 32.8. The molecule has 0 heterocycles. The van der Waals surface area contributed by atoms with Crippen molar-refractivity contribution < 1.29 is 38.1 Å². The van der Waals surface area contributed by atoms with Crippen LogP contribution in [0.2, 0.25) is 0 Å². The van der Waals surface area contributed by atoms with Crippen molar-refractivity contribution >= 4 is 23.9 Å². The maximum absolute atomic E-state index is 13.1. The van der Waals surface area contributed by atoms with Crippen LogP contribution in [-0.2, 0) is 82.2 Å². The minimum absolute atomic E-state index is 0.388. The summed E-state index contributed by atoms with van der Waals surface area (Å²) in [5.74, 6) is 24.6. The van der Waals surface area contributed by atoms with Gasteiger partial charge in [0.1, 0.15) is 0 Å². The van der Waals surface area contributed by atoms with Crippen molar-refractivity contribution in [2.75, 3.05) is 0 Å². The third-order valence-corrected chi connectivity index (χ3v) is 12.6. The van der Waals surface area contributed by atoms with E-state index in [0.717, 1.165) is 22.3 Å². The number of hydrogen-bond donors (Lipinski definition) is 0. The highest BCUT2D eigenvalue weighted by Crippen LogP contribution is 2.37. The van der Waals surface area contributed by atoms with E-state index in [1.54, 1.807) is 27.7 Å². The molecule has 4 atom stereocenters. The van der Waals surface area contributed by atoms with Gasteiger partial charge < -0.3 is 18.9 Å². The van der Waals surface area contributed by atoms with Crippen LogP contribution in [0.1, 0.15) is 205 Å². The van der Waals surface area contributed by atoms with Crippen molar-refractivity contribution in [2.24, 2.45) is 0 Å². The molecule has 0 radical (unpaired) electrons. The number of ether oxygens (including phenoxy) is 4. The fraction of sp³-hybridized carbons (Fsp3) is 0.438. The van der Waals surface area contributed by atoms with E-state index < -0.39 is 46.3 Å². The Morgan fingerprint density at radius 2 is 0.486 bits per heavy atom. The quantitative estimate of drug-likeness (QED) is 0.113. The van der Waals surface area contributed by atoms with Gasteiger partial charge in [0.2, 0.25) is 0 Å². The minimum Gasteiger partial charge on any atom is -0.442 e. The van der Waals surface area contributed by atoms with Crippen LogP contribution < -0.4 is 0 Å². The van der Waals surface area contributed by atoms with Gasteiger partial charge in [-0.3, -0.25) is 19.2 Å². The van der Waals surface area contributed by atoms with Gasteiger partial charge in [0.05, 0.1) is 0 Å². The molecule has 0 spiro atoms. The number of carbonyl (C=O) groups excluding carboxylic acids is 4. The van der Waals surface area contributed by atoms with Crippen LogP contribution >= 0.6 is 0 Å². The average molecular weight is 969 g/mol. The van der Waals surface area contributed by atoms with E-state index in [0.29, 0.717) is 44.5 Å². The molecule has 8 bridgehead atoms. The third kappa shape index (κ3) is 13.7. The van der Waals surface area contributed by atoms with Crippen molar-refractivity contribution in [3.8, 4) is 47.4 Å². The van der Waals surface area contributed by atoms with Gasteiger partial charge in [-0.2, -0.15) is 0 Å². The average Bonchev–Trinajstić information content (AvgIpc) is 3.23. The molecule has 1 aliphatic rings. The maximum Gasteiger partial charge on any atom is 0.304 e. The van der Waals surface area contributed by atoms with Crippen LogP contribution in [0.25, 0.3) is 0 Å². The summed E-state index contributed by atoms with van der Waals surface area (Å²) in [6.45, 7) is 37.4. The van der Waals surface area contributed by atoms with Crippen LogP contribution in [0.4, 0.5) is 0 Å². The molecule has 72 heavy (non-hydrogen) atoms. The summed E-state index contributed by atoms with van der Waals surface area (Å²) in [5.41, 5.74) is 0.674. The SMILES string of the molecule is CC(=O)O[C@]1(C)C#Cc2cc(C(C)(C)C)cc(c2)[C@](C)(OC(C)=O)C#Cc2cc(C(C)(C)C)cc(c2)[C@](C)(OC(C)=O)C#Cc2cc(C(C)(C)C)cc(c2)[C@](C)(OC(C)=O)C#Cc2cc(C(C)(C)C)cc1c2. The summed E-state index contributed by atoms with van der Waals surface area (Å²) in [7, 11) is 0. The molecule has 0 saturated heterocycles. The van der Waals surface area contributed by atoms with E-state index in [2.05, 4.69) is 130 Å². The number of esters is 4. The van der Waals surface area contributed by atoms with Crippen molar-refractivity contribution in [2.45, 2.75) is 183 Å².